The van der Waals surface area contributed by atoms with Crippen molar-refractivity contribution < 1.29 is 4.39 Å². The fourth-order valence-electron chi connectivity index (χ4n) is 2.28. The normalized spacial score (nSPS) is 12.6. The minimum Gasteiger partial charge on any atom is -0.345 e. The van der Waals surface area contributed by atoms with Crippen molar-refractivity contribution in [1.29, 1.82) is 0 Å². The Morgan fingerprint density at radius 3 is 2.58 bits per heavy atom. The maximum Gasteiger partial charge on any atom is 0.123 e. The highest BCUT2D eigenvalue weighted by Gasteiger charge is 2.16. The van der Waals surface area contributed by atoms with E-state index in [9.17, 15) is 4.39 Å². The van der Waals surface area contributed by atoms with Gasteiger partial charge in [0.25, 0.3) is 0 Å². The number of H-pyrrole nitrogens is 1. The molecule has 2 rings (SSSR count). The zero-order valence-corrected chi connectivity index (χ0v) is 11.4. The molecule has 0 spiro atoms. The number of imidazole rings is 1. The van der Waals surface area contributed by atoms with Crippen LogP contribution in [0.25, 0.3) is 11.3 Å². The predicted octanol–water partition coefficient (Wildman–Crippen LogP) is 3.37. The van der Waals surface area contributed by atoms with Crippen LogP contribution in [0.3, 0.4) is 0 Å². The van der Waals surface area contributed by atoms with Crippen LogP contribution in [0.2, 0.25) is 0 Å². The third-order valence-corrected chi connectivity index (χ3v) is 3.33. The number of aromatic amines is 1. The Bertz CT molecular complexity index is 531. The Balaban J connectivity index is 2.32. The van der Waals surface area contributed by atoms with Gasteiger partial charge in [0.1, 0.15) is 11.6 Å². The molecule has 0 fully saturated rings. The molecule has 1 aromatic heterocycles. The van der Waals surface area contributed by atoms with Crippen LogP contribution in [0.5, 0.6) is 0 Å². The fraction of sp³-hybridized carbons (Fsp3) is 0.400. The number of nitrogens with two attached hydrogens (primary N) is 1. The van der Waals surface area contributed by atoms with Gasteiger partial charge in [-0.15, -0.1) is 0 Å². The summed E-state index contributed by atoms with van der Waals surface area (Å²) < 4.78 is 12.9. The SMILES string of the molecule is CCCC(CN)c1nc(-c2ccc(F)cc2)c(C)[nH]1. The molecule has 4 heteroatoms. The lowest BCUT2D eigenvalue weighted by molar-refractivity contribution is 0.594. The van der Waals surface area contributed by atoms with E-state index >= 15 is 0 Å². The number of aromatic nitrogens is 2. The molecule has 19 heavy (non-hydrogen) atoms. The molecule has 1 heterocycles. The van der Waals surface area contributed by atoms with Gasteiger partial charge < -0.3 is 10.7 Å². The van der Waals surface area contributed by atoms with Crippen LogP contribution in [0.4, 0.5) is 4.39 Å². The van der Waals surface area contributed by atoms with Gasteiger partial charge in [-0.3, -0.25) is 0 Å². The van der Waals surface area contributed by atoms with Crippen LogP contribution >= 0.6 is 0 Å². The molecule has 1 aromatic carbocycles. The van der Waals surface area contributed by atoms with Gasteiger partial charge in [-0.1, -0.05) is 13.3 Å². The first-order chi connectivity index (χ1) is 9.15. The van der Waals surface area contributed by atoms with E-state index in [1.165, 1.54) is 12.1 Å². The number of nitrogens with zero attached hydrogens (tertiary/aromatic N) is 1. The van der Waals surface area contributed by atoms with Crippen molar-refractivity contribution in [2.24, 2.45) is 5.73 Å². The number of hydrogen-bond acceptors (Lipinski definition) is 2. The van der Waals surface area contributed by atoms with Crippen molar-refractivity contribution in [3.8, 4) is 11.3 Å². The highest BCUT2D eigenvalue weighted by Crippen LogP contribution is 2.25. The van der Waals surface area contributed by atoms with Crippen LogP contribution in [0.15, 0.2) is 24.3 Å². The van der Waals surface area contributed by atoms with Gasteiger partial charge >= 0.3 is 0 Å². The molecule has 3 nitrogen and oxygen atoms in total. The molecule has 0 amide bonds. The summed E-state index contributed by atoms with van der Waals surface area (Å²) in [6.07, 6.45) is 2.10. The lowest BCUT2D eigenvalue weighted by atomic mass is 10.0. The predicted molar refractivity (Wildman–Crippen MR) is 75.4 cm³/mol. The van der Waals surface area contributed by atoms with Crippen LogP contribution in [0.1, 0.15) is 37.2 Å². The second-order valence-corrected chi connectivity index (χ2v) is 4.82. The van der Waals surface area contributed by atoms with Crippen molar-refractivity contribution in [2.75, 3.05) is 6.54 Å². The monoisotopic (exact) mass is 261 g/mol. The summed E-state index contributed by atoms with van der Waals surface area (Å²) in [5.41, 5.74) is 8.60. The Kier molecular flexibility index (Phi) is 4.32. The lowest BCUT2D eigenvalue weighted by Gasteiger charge is -2.09. The lowest BCUT2D eigenvalue weighted by Crippen LogP contribution is -2.13. The third kappa shape index (κ3) is 3.01. The number of halogens is 1. The summed E-state index contributed by atoms with van der Waals surface area (Å²) in [4.78, 5) is 7.95. The topological polar surface area (TPSA) is 54.7 Å². The summed E-state index contributed by atoms with van der Waals surface area (Å²) in [5, 5.41) is 0. The summed E-state index contributed by atoms with van der Waals surface area (Å²) in [6.45, 7) is 4.71. The first-order valence-corrected chi connectivity index (χ1v) is 6.68. The molecular weight excluding hydrogens is 241 g/mol. The number of benzene rings is 1. The van der Waals surface area contributed by atoms with E-state index in [2.05, 4.69) is 16.9 Å². The van der Waals surface area contributed by atoms with E-state index in [0.717, 1.165) is 35.6 Å². The quantitative estimate of drug-likeness (QED) is 0.867. The van der Waals surface area contributed by atoms with Crippen molar-refractivity contribution in [3.05, 3.63) is 41.6 Å². The summed E-state index contributed by atoms with van der Waals surface area (Å²) in [7, 11) is 0. The molecule has 0 aliphatic rings. The smallest absolute Gasteiger partial charge is 0.123 e. The van der Waals surface area contributed by atoms with Crippen LogP contribution in [-0.4, -0.2) is 16.5 Å². The summed E-state index contributed by atoms with van der Waals surface area (Å²) >= 11 is 0. The highest BCUT2D eigenvalue weighted by atomic mass is 19.1. The molecule has 3 N–H and O–H groups in total. The zero-order valence-electron chi connectivity index (χ0n) is 11.4. The first-order valence-electron chi connectivity index (χ1n) is 6.68. The summed E-state index contributed by atoms with van der Waals surface area (Å²) in [6, 6.07) is 6.41. The van der Waals surface area contributed by atoms with E-state index in [1.807, 2.05) is 6.92 Å². The van der Waals surface area contributed by atoms with Gasteiger partial charge in [-0.25, -0.2) is 9.37 Å². The summed E-state index contributed by atoms with van der Waals surface area (Å²) in [5.74, 6) is 0.960. The van der Waals surface area contributed by atoms with Crippen molar-refractivity contribution in [2.45, 2.75) is 32.6 Å². The largest absolute Gasteiger partial charge is 0.345 e. The second kappa shape index (κ2) is 5.97. The Hall–Kier alpha value is -1.68. The third-order valence-electron chi connectivity index (χ3n) is 3.33. The van der Waals surface area contributed by atoms with Gasteiger partial charge in [0.05, 0.1) is 5.69 Å². The van der Waals surface area contributed by atoms with Crippen molar-refractivity contribution in [3.63, 3.8) is 0 Å². The maximum atomic E-state index is 12.9. The van der Waals surface area contributed by atoms with Gasteiger partial charge in [-0.2, -0.15) is 0 Å². The van der Waals surface area contributed by atoms with Gasteiger partial charge in [0.15, 0.2) is 0 Å². The molecule has 0 saturated heterocycles. The first kappa shape index (κ1) is 13.7. The molecule has 0 radical (unpaired) electrons. The second-order valence-electron chi connectivity index (χ2n) is 4.82. The molecule has 102 valence electrons. The molecule has 1 atom stereocenters. The number of aryl methyl sites for hydroxylation is 1. The average molecular weight is 261 g/mol. The van der Waals surface area contributed by atoms with Gasteiger partial charge in [0, 0.05) is 23.7 Å². The van der Waals surface area contributed by atoms with E-state index in [0.29, 0.717) is 6.54 Å². The molecule has 2 aromatic rings. The molecule has 1 unspecified atom stereocenters. The number of nitrogens with one attached hydrogen (secondary N) is 1. The Morgan fingerprint density at radius 1 is 1.32 bits per heavy atom. The highest BCUT2D eigenvalue weighted by molar-refractivity contribution is 5.61. The fourth-order valence-corrected chi connectivity index (χ4v) is 2.28. The molecule has 0 aliphatic heterocycles. The minimum atomic E-state index is -0.233. The minimum absolute atomic E-state index is 0.233. The van der Waals surface area contributed by atoms with E-state index in [-0.39, 0.29) is 11.7 Å². The van der Waals surface area contributed by atoms with Crippen molar-refractivity contribution in [1.82, 2.24) is 9.97 Å². The van der Waals surface area contributed by atoms with E-state index in [4.69, 9.17) is 5.73 Å². The zero-order chi connectivity index (χ0) is 13.8. The molecular formula is C15H20FN3. The standard InChI is InChI=1S/C15H20FN3/c1-3-4-12(9-17)15-18-10(2)14(19-15)11-5-7-13(16)8-6-11/h5-8,12H,3-4,9,17H2,1-2H3,(H,18,19). The van der Waals surface area contributed by atoms with Crippen LogP contribution < -0.4 is 5.73 Å². The van der Waals surface area contributed by atoms with Gasteiger partial charge in [0.2, 0.25) is 0 Å². The van der Waals surface area contributed by atoms with Crippen molar-refractivity contribution >= 4 is 0 Å². The van der Waals surface area contributed by atoms with E-state index < -0.39 is 0 Å². The maximum absolute atomic E-state index is 12.9. The Morgan fingerprint density at radius 2 is 2.00 bits per heavy atom. The average Bonchev–Trinajstić information content (AvgIpc) is 2.79. The molecule has 0 saturated carbocycles. The molecule has 0 bridgehead atoms. The van der Waals surface area contributed by atoms with Crippen LogP contribution in [0, 0.1) is 12.7 Å². The van der Waals surface area contributed by atoms with Crippen LogP contribution in [-0.2, 0) is 0 Å². The van der Waals surface area contributed by atoms with E-state index in [1.54, 1.807) is 12.1 Å². The van der Waals surface area contributed by atoms with Gasteiger partial charge in [-0.05, 0) is 37.6 Å². The molecule has 0 aliphatic carbocycles. The number of hydrogen-bond donors (Lipinski definition) is 2. The Labute approximate surface area is 113 Å². The number of rotatable bonds is 5.